The Morgan fingerprint density at radius 3 is 2.82 bits per heavy atom. The minimum absolute atomic E-state index is 0.184. The summed E-state index contributed by atoms with van der Waals surface area (Å²) >= 11 is 0. The van der Waals surface area contributed by atoms with E-state index in [9.17, 15) is 4.79 Å². The van der Waals surface area contributed by atoms with Crippen molar-refractivity contribution in [1.29, 1.82) is 0 Å². The van der Waals surface area contributed by atoms with Gasteiger partial charge in [-0.25, -0.2) is 0 Å². The molecule has 34 heavy (non-hydrogen) atoms. The number of H-pyrrole nitrogens is 1. The third-order valence-electron chi connectivity index (χ3n) is 7.19. The van der Waals surface area contributed by atoms with Crippen molar-refractivity contribution in [3.05, 3.63) is 48.2 Å². The number of aromatic amines is 1. The maximum Gasteiger partial charge on any atom is 0.314 e. The summed E-state index contributed by atoms with van der Waals surface area (Å²) < 4.78 is 22.5. The molecule has 0 aliphatic carbocycles. The van der Waals surface area contributed by atoms with E-state index in [0.717, 1.165) is 50.1 Å². The largest absolute Gasteiger partial charge is 0.469 e. The van der Waals surface area contributed by atoms with Crippen LogP contribution in [0.1, 0.15) is 36.4 Å². The van der Waals surface area contributed by atoms with Gasteiger partial charge in [0.1, 0.15) is 0 Å². The van der Waals surface area contributed by atoms with Crippen molar-refractivity contribution in [2.24, 2.45) is 11.8 Å². The van der Waals surface area contributed by atoms with Crippen molar-refractivity contribution < 1.29 is 23.7 Å². The van der Waals surface area contributed by atoms with E-state index in [1.165, 1.54) is 18.1 Å². The third-order valence-corrected chi connectivity index (χ3v) is 7.19. The van der Waals surface area contributed by atoms with Gasteiger partial charge in [0.05, 0.1) is 26.2 Å². The Labute approximate surface area is 202 Å². The number of rotatable bonds is 9. The Kier molecular flexibility index (Phi) is 8.78. The SMILES string of the molecule is C=CCN1CCc2c([nH]c3ccccc23)C(C(=O)OC)C[C@@H](CC(CCOC)C2OCCO2)C1. The fraction of sp³-hybridized carbons (Fsp3) is 0.593. The zero-order valence-corrected chi connectivity index (χ0v) is 20.5. The van der Waals surface area contributed by atoms with Gasteiger partial charge in [-0.15, -0.1) is 6.58 Å². The van der Waals surface area contributed by atoms with Crippen LogP contribution in [0.2, 0.25) is 0 Å². The van der Waals surface area contributed by atoms with Crippen molar-refractivity contribution >= 4 is 16.9 Å². The quantitative estimate of drug-likeness (QED) is 0.443. The number of para-hydroxylation sites is 1. The van der Waals surface area contributed by atoms with Crippen molar-refractivity contribution in [1.82, 2.24) is 9.88 Å². The van der Waals surface area contributed by atoms with E-state index >= 15 is 0 Å². The van der Waals surface area contributed by atoms with Gasteiger partial charge in [0, 0.05) is 55.9 Å². The van der Waals surface area contributed by atoms with Crippen LogP contribution in [-0.4, -0.2) is 75.8 Å². The fourth-order valence-electron chi connectivity index (χ4n) is 5.63. The Morgan fingerprint density at radius 2 is 2.09 bits per heavy atom. The first kappa shape index (κ1) is 24.9. The molecule has 4 rings (SSSR count). The van der Waals surface area contributed by atoms with Crippen LogP contribution >= 0.6 is 0 Å². The van der Waals surface area contributed by atoms with Crippen LogP contribution in [0.3, 0.4) is 0 Å². The summed E-state index contributed by atoms with van der Waals surface area (Å²) in [7, 11) is 3.21. The maximum atomic E-state index is 13.1. The first-order chi connectivity index (χ1) is 16.6. The lowest BCUT2D eigenvalue weighted by Crippen LogP contribution is -2.35. The van der Waals surface area contributed by atoms with E-state index in [-0.39, 0.29) is 30.0 Å². The molecule has 2 aliphatic heterocycles. The summed E-state index contributed by atoms with van der Waals surface area (Å²) in [6, 6.07) is 8.31. The van der Waals surface area contributed by atoms with Gasteiger partial charge in [0.15, 0.2) is 6.29 Å². The number of hydrogen-bond acceptors (Lipinski definition) is 6. The first-order valence-electron chi connectivity index (χ1n) is 12.4. The Morgan fingerprint density at radius 1 is 1.29 bits per heavy atom. The molecule has 0 saturated carbocycles. The standard InChI is InChI=1S/C27H38N2O5/c1-4-11-29-12-9-22-21-7-5-6-8-24(21)28-25(22)23(26(30)32-3)17-19(18-29)16-20(10-13-31-2)27-33-14-15-34-27/h4-8,19-20,23,27-28H,1,9-18H2,2-3H3/t19-,20?,23?/m1/s1. The summed E-state index contributed by atoms with van der Waals surface area (Å²) in [5.41, 5.74) is 3.29. The van der Waals surface area contributed by atoms with Crippen LogP contribution in [0.15, 0.2) is 36.9 Å². The number of fused-ring (bicyclic) bond motifs is 3. The summed E-state index contributed by atoms with van der Waals surface area (Å²) in [5, 5.41) is 1.19. The van der Waals surface area contributed by atoms with E-state index in [2.05, 4.69) is 34.7 Å². The summed E-state index contributed by atoms with van der Waals surface area (Å²) in [4.78, 5) is 19.1. The number of aromatic nitrogens is 1. The van der Waals surface area contributed by atoms with Crippen molar-refractivity contribution in [2.75, 3.05) is 53.7 Å². The Hall–Kier alpha value is -2.19. The molecule has 7 nitrogen and oxygen atoms in total. The molecule has 2 aromatic rings. The summed E-state index contributed by atoms with van der Waals surface area (Å²) in [6.45, 7) is 8.51. The van der Waals surface area contributed by atoms with E-state index < -0.39 is 0 Å². The number of methoxy groups -OCH3 is 2. The lowest BCUT2D eigenvalue weighted by molar-refractivity contribution is -0.143. The molecule has 2 aliphatic rings. The highest BCUT2D eigenvalue weighted by Crippen LogP contribution is 2.37. The summed E-state index contributed by atoms with van der Waals surface area (Å²) in [5.74, 6) is -0.0540. The molecule has 1 fully saturated rings. The third kappa shape index (κ3) is 5.71. The number of carbonyl (C=O) groups excluding carboxylic acids is 1. The minimum Gasteiger partial charge on any atom is -0.469 e. The predicted octanol–water partition coefficient (Wildman–Crippen LogP) is 3.89. The zero-order valence-electron chi connectivity index (χ0n) is 20.5. The number of hydrogen-bond donors (Lipinski definition) is 1. The first-order valence-corrected chi connectivity index (χ1v) is 12.4. The molecule has 186 valence electrons. The molecule has 1 aromatic carbocycles. The van der Waals surface area contributed by atoms with Crippen LogP contribution in [-0.2, 0) is 30.2 Å². The Bertz CT molecular complexity index is 952. The number of nitrogens with one attached hydrogen (secondary N) is 1. The number of benzene rings is 1. The topological polar surface area (TPSA) is 73.0 Å². The molecule has 1 saturated heterocycles. The van der Waals surface area contributed by atoms with E-state index in [4.69, 9.17) is 18.9 Å². The van der Waals surface area contributed by atoms with Gasteiger partial charge >= 0.3 is 5.97 Å². The van der Waals surface area contributed by atoms with Crippen molar-refractivity contribution in [3.63, 3.8) is 0 Å². The smallest absolute Gasteiger partial charge is 0.314 e. The van der Waals surface area contributed by atoms with E-state index in [0.29, 0.717) is 26.2 Å². The highest BCUT2D eigenvalue weighted by Gasteiger charge is 2.35. The molecule has 0 radical (unpaired) electrons. The lowest BCUT2D eigenvalue weighted by atomic mass is 9.83. The van der Waals surface area contributed by atoms with Gasteiger partial charge in [-0.05, 0) is 43.2 Å². The van der Waals surface area contributed by atoms with Gasteiger partial charge in [0.25, 0.3) is 0 Å². The molecular formula is C27H38N2O5. The normalized spacial score (nSPS) is 23.1. The second-order valence-corrected chi connectivity index (χ2v) is 9.43. The molecule has 3 atom stereocenters. The Balaban J connectivity index is 1.68. The molecule has 0 amide bonds. The fourth-order valence-corrected chi connectivity index (χ4v) is 5.63. The van der Waals surface area contributed by atoms with Crippen molar-refractivity contribution in [3.8, 4) is 0 Å². The van der Waals surface area contributed by atoms with Crippen LogP contribution < -0.4 is 0 Å². The van der Waals surface area contributed by atoms with Crippen molar-refractivity contribution in [2.45, 2.75) is 37.9 Å². The van der Waals surface area contributed by atoms with Crippen LogP contribution in [0.25, 0.3) is 10.9 Å². The average Bonchev–Trinajstić information content (AvgIpc) is 3.51. The van der Waals surface area contributed by atoms with E-state index in [1.54, 1.807) is 7.11 Å². The van der Waals surface area contributed by atoms with Gasteiger partial charge < -0.3 is 23.9 Å². The highest BCUT2D eigenvalue weighted by molar-refractivity contribution is 5.88. The van der Waals surface area contributed by atoms with Gasteiger partial charge in [-0.1, -0.05) is 24.3 Å². The van der Waals surface area contributed by atoms with Crippen LogP contribution in [0.4, 0.5) is 0 Å². The molecule has 7 heteroatoms. The van der Waals surface area contributed by atoms with Crippen LogP contribution in [0, 0.1) is 11.8 Å². The lowest BCUT2D eigenvalue weighted by Gasteiger charge is -2.31. The van der Waals surface area contributed by atoms with Gasteiger partial charge in [-0.2, -0.15) is 0 Å². The van der Waals surface area contributed by atoms with Gasteiger partial charge in [-0.3, -0.25) is 9.69 Å². The second-order valence-electron chi connectivity index (χ2n) is 9.43. The molecule has 1 aromatic heterocycles. The maximum absolute atomic E-state index is 13.1. The second kappa shape index (κ2) is 12.0. The molecular weight excluding hydrogens is 432 g/mol. The highest BCUT2D eigenvalue weighted by atomic mass is 16.7. The van der Waals surface area contributed by atoms with E-state index in [1.807, 2.05) is 12.1 Å². The number of ether oxygens (including phenoxy) is 4. The minimum atomic E-state index is -0.338. The molecule has 3 heterocycles. The number of nitrogens with zero attached hydrogens (tertiary/aromatic N) is 1. The summed E-state index contributed by atoms with van der Waals surface area (Å²) in [6.07, 6.45) is 5.08. The molecule has 2 unspecified atom stereocenters. The molecule has 0 bridgehead atoms. The molecule has 0 spiro atoms. The monoisotopic (exact) mass is 470 g/mol. The number of esters is 1. The number of carbonyl (C=O) groups is 1. The predicted molar refractivity (Wildman–Crippen MR) is 132 cm³/mol. The zero-order chi connectivity index (χ0) is 23.9. The van der Waals surface area contributed by atoms with Crippen LogP contribution in [0.5, 0.6) is 0 Å². The van der Waals surface area contributed by atoms with Gasteiger partial charge in [0.2, 0.25) is 0 Å². The molecule has 1 N–H and O–H groups in total. The average molecular weight is 471 g/mol.